The van der Waals surface area contributed by atoms with Crippen molar-refractivity contribution >= 4 is 34.3 Å². The first kappa shape index (κ1) is 17.8. The van der Waals surface area contributed by atoms with Gasteiger partial charge in [0, 0.05) is 23.4 Å². The molecule has 0 atom stereocenters. The van der Waals surface area contributed by atoms with Gasteiger partial charge in [0.1, 0.15) is 15.9 Å². The van der Waals surface area contributed by atoms with E-state index < -0.39 is 11.7 Å². The summed E-state index contributed by atoms with van der Waals surface area (Å²) in [6, 6.07) is 9.93. The molecule has 130 valence electrons. The number of fused-ring (bicyclic) bond motifs is 1. The second-order valence-electron chi connectivity index (χ2n) is 5.18. The number of halogens is 4. The predicted molar refractivity (Wildman–Crippen MR) is 92.1 cm³/mol. The van der Waals surface area contributed by atoms with Gasteiger partial charge in [-0.3, -0.25) is 4.98 Å². The van der Waals surface area contributed by atoms with Gasteiger partial charge in [0.25, 0.3) is 0 Å². The number of hydrogen-bond acceptors (Lipinski definition) is 4. The summed E-state index contributed by atoms with van der Waals surface area (Å²) in [5.74, 6) is 1.27. The Bertz CT molecular complexity index is 901. The molecule has 0 fully saturated rings. The predicted octanol–water partition coefficient (Wildman–Crippen LogP) is 5.60. The molecule has 3 aromatic rings. The smallest absolute Gasteiger partial charge is 0.417 e. The normalized spacial score (nSPS) is 11.7. The highest BCUT2D eigenvalue weighted by Gasteiger charge is 2.31. The van der Waals surface area contributed by atoms with Crippen molar-refractivity contribution in [2.75, 3.05) is 7.11 Å². The third-order valence-electron chi connectivity index (χ3n) is 3.48. The van der Waals surface area contributed by atoms with Gasteiger partial charge in [-0.05, 0) is 23.8 Å². The molecule has 0 aliphatic carbocycles. The minimum absolute atomic E-state index is 0.192. The monoisotopic (exact) mass is 384 g/mol. The van der Waals surface area contributed by atoms with Crippen LogP contribution in [0.25, 0.3) is 10.9 Å². The van der Waals surface area contributed by atoms with Gasteiger partial charge >= 0.3 is 6.18 Å². The standard InChI is InChI=1S/C17H12ClF3N2OS/c1-24-12-4-2-10(3-5-12)9-25-16-13-6-11(17(19,20)21)8-22-14(13)7-15(18)23-16/h2-8H,9H2,1H3. The van der Waals surface area contributed by atoms with E-state index in [9.17, 15) is 13.2 Å². The molecule has 2 aromatic heterocycles. The summed E-state index contributed by atoms with van der Waals surface area (Å²) in [6.45, 7) is 0. The first-order valence-corrected chi connectivity index (χ1v) is 8.52. The van der Waals surface area contributed by atoms with E-state index in [0.29, 0.717) is 21.7 Å². The van der Waals surface area contributed by atoms with Gasteiger partial charge in [-0.15, -0.1) is 11.8 Å². The van der Waals surface area contributed by atoms with E-state index in [1.54, 1.807) is 7.11 Å². The van der Waals surface area contributed by atoms with Crippen LogP contribution in [0.15, 0.2) is 47.6 Å². The lowest BCUT2D eigenvalue weighted by atomic mass is 10.2. The van der Waals surface area contributed by atoms with Crippen LogP contribution in [0.1, 0.15) is 11.1 Å². The molecule has 0 bridgehead atoms. The third-order valence-corrected chi connectivity index (χ3v) is 4.73. The number of methoxy groups -OCH3 is 1. The van der Waals surface area contributed by atoms with Gasteiger partial charge in [0.05, 0.1) is 18.2 Å². The van der Waals surface area contributed by atoms with Gasteiger partial charge in [0.2, 0.25) is 0 Å². The fourth-order valence-electron chi connectivity index (χ4n) is 2.20. The van der Waals surface area contributed by atoms with Crippen LogP contribution in [-0.2, 0) is 11.9 Å². The van der Waals surface area contributed by atoms with Crippen LogP contribution in [0.2, 0.25) is 5.15 Å². The fraction of sp³-hybridized carbons (Fsp3) is 0.176. The molecule has 0 N–H and O–H groups in total. The van der Waals surface area contributed by atoms with Crippen molar-refractivity contribution in [3.8, 4) is 5.75 Å². The Labute approximate surface area is 151 Å². The molecule has 1 aromatic carbocycles. The highest BCUT2D eigenvalue weighted by Crippen LogP contribution is 2.35. The zero-order chi connectivity index (χ0) is 18.0. The lowest BCUT2D eigenvalue weighted by molar-refractivity contribution is -0.137. The van der Waals surface area contributed by atoms with Crippen molar-refractivity contribution in [2.24, 2.45) is 0 Å². The topological polar surface area (TPSA) is 35.0 Å². The summed E-state index contributed by atoms with van der Waals surface area (Å²) >= 11 is 7.28. The second kappa shape index (κ2) is 7.09. The Balaban J connectivity index is 1.93. The summed E-state index contributed by atoms with van der Waals surface area (Å²) in [4.78, 5) is 8.04. The van der Waals surface area contributed by atoms with Gasteiger partial charge in [-0.25, -0.2) is 4.98 Å². The van der Waals surface area contributed by atoms with Crippen LogP contribution in [0.3, 0.4) is 0 Å². The molecule has 0 spiro atoms. The Kier molecular flexibility index (Phi) is 5.06. The summed E-state index contributed by atoms with van der Waals surface area (Å²) in [5, 5.41) is 0.937. The van der Waals surface area contributed by atoms with E-state index in [2.05, 4.69) is 9.97 Å². The van der Waals surface area contributed by atoms with Crippen molar-refractivity contribution in [3.63, 3.8) is 0 Å². The average Bonchev–Trinajstić information content (AvgIpc) is 2.58. The SMILES string of the molecule is COc1ccc(CSc2nc(Cl)cc3ncc(C(F)(F)F)cc23)cc1. The van der Waals surface area contributed by atoms with Crippen molar-refractivity contribution in [2.45, 2.75) is 17.0 Å². The number of benzene rings is 1. The number of thioether (sulfide) groups is 1. The van der Waals surface area contributed by atoms with E-state index in [0.717, 1.165) is 23.6 Å². The summed E-state index contributed by atoms with van der Waals surface area (Å²) in [6.07, 6.45) is -3.66. The van der Waals surface area contributed by atoms with Crippen molar-refractivity contribution in [1.29, 1.82) is 0 Å². The molecule has 2 heterocycles. The third kappa shape index (κ3) is 4.16. The first-order chi connectivity index (χ1) is 11.9. The lowest BCUT2D eigenvalue weighted by Crippen LogP contribution is -2.05. The highest BCUT2D eigenvalue weighted by atomic mass is 35.5. The Morgan fingerprint density at radius 3 is 2.52 bits per heavy atom. The Morgan fingerprint density at radius 2 is 1.88 bits per heavy atom. The van der Waals surface area contributed by atoms with E-state index >= 15 is 0 Å². The van der Waals surface area contributed by atoms with Crippen molar-refractivity contribution < 1.29 is 17.9 Å². The van der Waals surface area contributed by atoms with Crippen LogP contribution >= 0.6 is 23.4 Å². The fourth-order valence-corrected chi connectivity index (χ4v) is 3.42. The quantitative estimate of drug-likeness (QED) is 0.433. The lowest BCUT2D eigenvalue weighted by Gasteiger charge is -2.10. The summed E-state index contributed by atoms with van der Waals surface area (Å²) < 4.78 is 43.9. The molecule has 3 rings (SSSR count). The van der Waals surface area contributed by atoms with Gasteiger partial charge in [-0.2, -0.15) is 13.2 Å². The molecule has 8 heteroatoms. The molecule has 0 radical (unpaired) electrons. The number of rotatable bonds is 4. The number of pyridine rings is 2. The van der Waals surface area contributed by atoms with Crippen LogP contribution in [0.5, 0.6) is 5.75 Å². The molecule has 0 unspecified atom stereocenters. The van der Waals surface area contributed by atoms with Crippen molar-refractivity contribution in [3.05, 3.63) is 58.9 Å². The number of hydrogen-bond donors (Lipinski definition) is 0. The van der Waals surface area contributed by atoms with Gasteiger partial charge < -0.3 is 4.74 Å². The Morgan fingerprint density at radius 1 is 1.16 bits per heavy atom. The average molecular weight is 385 g/mol. The maximum atomic E-state index is 12.9. The van der Waals surface area contributed by atoms with Crippen LogP contribution < -0.4 is 4.74 Å². The molecule has 0 aliphatic rings. The molecule has 0 aliphatic heterocycles. The maximum Gasteiger partial charge on any atom is 0.417 e. The molecule has 0 saturated heterocycles. The number of ether oxygens (including phenoxy) is 1. The minimum atomic E-state index is -4.46. The number of nitrogens with zero attached hydrogens (tertiary/aromatic N) is 2. The summed E-state index contributed by atoms with van der Waals surface area (Å²) in [7, 11) is 1.58. The number of alkyl halides is 3. The highest BCUT2D eigenvalue weighted by molar-refractivity contribution is 7.98. The van der Waals surface area contributed by atoms with E-state index in [4.69, 9.17) is 16.3 Å². The van der Waals surface area contributed by atoms with Crippen LogP contribution in [0.4, 0.5) is 13.2 Å². The minimum Gasteiger partial charge on any atom is -0.497 e. The molecular weight excluding hydrogens is 373 g/mol. The zero-order valence-electron chi connectivity index (χ0n) is 13.0. The van der Waals surface area contributed by atoms with Crippen molar-refractivity contribution in [1.82, 2.24) is 9.97 Å². The molecule has 0 saturated carbocycles. The number of aromatic nitrogens is 2. The van der Waals surface area contributed by atoms with Gasteiger partial charge in [-0.1, -0.05) is 23.7 Å². The van der Waals surface area contributed by atoms with Crippen LogP contribution in [-0.4, -0.2) is 17.1 Å². The van der Waals surface area contributed by atoms with E-state index in [1.807, 2.05) is 24.3 Å². The Hall–Kier alpha value is -1.99. The zero-order valence-corrected chi connectivity index (χ0v) is 14.5. The summed E-state index contributed by atoms with van der Waals surface area (Å²) in [5.41, 5.74) is 0.557. The van der Waals surface area contributed by atoms with Crippen LogP contribution in [0, 0.1) is 0 Å². The van der Waals surface area contributed by atoms with Gasteiger partial charge in [0.15, 0.2) is 0 Å². The van der Waals surface area contributed by atoms with E-state index in [1.165, 1.54) is 17.8 Å². The first-order valence-electron chi connectivity index (χ1n) is 7.16. The molecule has 0 amide bonds. The van der Waals surface area contributed by atoms with E-state index in [-0.39, 0.29) is 5.15 Å². The largest absolute Gasteiger partial charge is 0.497 e. The molecule has 3 nitrogen and oxygen atoms in total. The maximum absolute atomic E-state index is 12.9. The second-order valence-corrected chi connectivity index (χ2v) is 6.53. The molecule has 25 heavy (non-hydrogen) atoms. The molecular formula is C17H12ClF3N2OS.